The number of hydrogen-bond donors (Lipinski definition) is 0. The van der Waals surface area contributed by atoms with E-state index in [1.165, 1.54) is 12.8 Å². The summed E-state index contributed by atoms with van der Waals surface area (Å²) in [6.07, 6.45) is 2.56. The van der Waals surface area contributed by atoms with Crippen LogP contribution in [0.25, 0.3) is 0 Å². The molecule has 0 saturated carbocycles. The zero-order chi connectivity index (χ0) is 8.04. The van der Waals surface area contributed by atoms with E-state index in [1.54, 1.807) is 0 Å². The van der Waals surface area contributed by atoms with E-state index in [0.717, 1.165) is 13.2 Å². The zero-order valence-electron chi connectivity index (χ0n) is 5.10. The Morgan fingerprint density at radius 3 is 1.30 bits per heavy atom. The topological polar surface area (TPSA) is 9.23 Å². The molecule has 1 aliphatic rings. The van der Waals surface area contributed by atoms with Crippen molar-refractivity contribution in [2.24, 2.45) is 0 Å². The third-order valence-corrected chi connectivity index (χ3v) is 0.827. The fourth-order valence-electron chi connectivity index (χ4n) is 0.510. The summed E-state index contributed by atoms with van der Waals surface area (Å²) in [4.78, 5) is 0. The minimum absolute atomic E-state index is 1.00. The van der Waals surface area contributed by atoms with Gasteiger partial charge in [-0.25, -0.2) is 0 Å². The second kappa shape index (κ2) is 6.29. The molecule has 1 saturated heterocycles. The van der Waals surface area contributed by atoms with Gasteiger partial charge in [-0.15, -0.1) is 0 Å². The van der Waals surface area contributed by atoms with Gasteiger partial charge in [0, 0.05) is 13.2 Å². The van der Waals surface area contributed by atoms with Crippen molar-refractivity contribution in [3.63, 3.8) is 0 Å². The first-order chi connectivity index (χ1) is 4.50. The van der Waals surface area contributed by atoms with Crippen LogP contribution in [0.5, 0.6) is 0 Å². The SMILES string of the molecule is C1CCOC1.[Cl][Os]([Cl])([Cl])[Cl]. The monoisotopic (exact) mass is 404 g/mol. The van der Waals surface area contributed by atoms with Gasteiger partial charge in [0.25, 0.3) is 0 Å². The van der Waals surface area contributed by atoms with E-state index in [0.29, 0.717) is 0 Å². The molecule has 66 valence electrons. The maximum atomic E-state index is 5.02. The predicted molar refractivity (Wildman–Crippen MR) is 43.5 cm³/mol. The van der Waals surface area contributed by atoms with Gasteiger partial charge in [0.05, 0.1) is 0 Å². The van der Waals surface area contributed by atoms with Crippen LogP contribution in [0, 0.1) is 0 Å². The minimum atomic E-state index is -3.17. The van der Waals surface area contributed by atoms with Gasteiger partial charge >= 0.3 is 49.6 Å². The van der Waals surface area contributed by atoms with Crippen molar-refractivity contribution in [3.05, 3.63) is 0 Å². The summed E-state index contributed by atoms with van der Waals surface area (Å²) >= 11 is -3.17. The quantitative estimate of drug-likeness (QED) is 0.600. The van der Waals surface area contributed by atoms with Crippen molar-refractivity contribution in [1.82, 2.24) is 0 Å². The fourth-order valence-corrected chi connectivity index (χ4v) is 0.510. The molecule has 1 fully saturated rings. The summed E-state index contributed by atoms with van der Waals surface area (Å²) in [7, 11) is 20.1. The van der Waals surface area contributed by atoms with Crippen LogP contribution in [0.1, 0.15) is 12.8 Å². The number of ether oxygens (including phenoxy) is 1. The Morgan fingerprint density at radius 1 is 0.900 bits per heavy atom. The molecule has 1 aliphatic heterocycles. The van der Waals surface area contributed by atoms with Gasteiger partial charge in [-0.2, -0.15) is 0 Å². The first-order valence-corrected chi connectivity index (χ1v) is 15.2. The van der Waals surface area contributed by atoms with Crippen LogP contribution in [0.2, 0.25) is 0 Å². The van der Waals surface area contributed by atoms with E-state index in [-0.39, 0.29) is 0 Å². The van der Waals surface area contributed by atoms with E-state index in [2.05, 4.69) is 0 Å². The van der Waals surface area contributed by atoms with Crippen LogP contribution in [-0.2, 0) is 15.8 Å². The summed E-state index contributed by atoms with van der Waals surface area (Å²) < 4.78 is 4.94. The molecule has 0 bridgehead atoms. The first-order valence-electron chi connectivity index (χ1n) is 2.61. The molecule has 0 unspecified atom stereocenters. The summed E-state index contributed by atoms with van der Waals surface area (Å²) in [5, 5.41) is 0. The van der Waals surface area contributed by atoms with E-state index in [1.807, 2.05) is 0 Å². The van der Waals surface area contributed by atoms with Gasteiger partial charge in [0.1, 0.15) is 0 Å². The molecule has 0 aromatic heterocycles. The van der Waals surface area contributed by atoms with Crippen LogP contribution in [0.15, 0.2) is 0 Å². The van der Waals surface area contributed by atoms with Crippen LogP contribution in [-0.4, -0.2) is 13.2 Å². The average molecular weight is 404 g/mol. The zero-order valence-corrected chi connectivity index (χ0v) is 10.7. The average Bonchev–Trinajstić information content (AvgIpc) is 2.07. The Balaban J connectivity index is 0.000000162. The van der Waals surface area contributed by atoms with Crippen molar-refractivity contribution < 1.29 is 15.8 Å². The number of hydrogen-bond acceptors (Lipinski definition) is 1. The molecule has 1 heterocycles. The summed E-state index contributed by atoms with van der Waals surface area (Å²) in [5.74, 6) is 0. The van der Waals surface area contributed by atoms with Crippen molar-refractivity contribution >= 4 is 38.6 Å². The molecule has 1 rings (SSSR count). The molecule has 10 heavy (non-hydrogen) atoms. The van der Waals surface area contributed by atoms with Gasteiger partial charge in [0.2, 0.25) is 0 Å². The maximum absolute atomic E-state index is 5.02. The Kier molecular flexibility index (Phi) is 7.40. The number of rotatable bonds is 0. The van der Waals surface area contributed by atoms with Gasteiger partial charge < -0.3 is 4.74 Å². The van der Waals surface area contributed by atoms with Crippen LogP contribution >= 0.6 is 38.6 Å². The predicted octanol–water partition coefficient (Wildman–Crippen LogP) is 3.55. The van der Waals surface area contributed by atoms with Crippen LogP contribution < -0.4 is 0 Å². The van der Waals surface area contributed by atoms with Gasteiger partial charge in [-0.1, -0.05) is 0 Å². The Bertz CT molecular complexity index is 66.2. The fraction of sp³-hybridized carbons (Fsp3) is 1.00. The third-order valence-electron chi connectivity index (χ3n) is 0.827. The van der Waals surface area contributed by atoms with E-state index in [4.69, 9.17) is 43.3 Å². The molecule has 0 aromatic carbocycles. The third kappa shape index (κ3) is 16.4. The second-order valence-electron chi connectivity index (χ2n) is 1.62. The van der Waals surface area contributed by atoms with Crippen LogP contribution in [0.4, 0.5) is 0 Å². The second-order valence-corrected chi connectivity index (χ2v) is 23.6. The molecule has 0 radical (unpaired) electrons. The molecule has 6 heteroatoms. The number of halogens is 4. The van der Waals surface area contributed by atoms with Crippen molar-refractivity contribution in [2.75, 3.05) is 13.2 Å². The van der Waals surface area contributed by atoms with Gasteiger partial charge in [-0.3, -0.25) is 0 Å². The Hall–Kier alpha value is 1.76. The van der Waals surface area contributed by atoms with E-state index >= 15 is 0 Å². The molecular weight excluding hydrogens is 396 g/mol. The van der Waals surface area contributed by atoms with Gasteiger partial charge in [0.15, 0.2) is 0 Å². The molecule has 0 spiro atoms. The standard InChI is InChI=1S/C4H8O.4ClH.Os/c1-2-4-5-3-1;;;;;/h1-4H2;4*1H;/q;;;;;+4/p-4. The molecule has 0 N–H and O–H groups in total. The molecule has 0 aliphatic carbocycles. The van der Waals surface area contributed by atoms with Crippen molar-refractivity contribution in [2.45, 2.75) is 12.8 Å². The Labute approximate surface area is 79.9 Å². The molecular formula is C4H8Cl4OOs. The summed E-state index contributed by atoms with van der Waals surface area (Å²) in [6, 6.07) is 0. The Morgan fingerprint density at radius 2 is 1.20 bits per heavy atom. The summed E-state index contributed by atoms with van der Waals surface area (Å²) in [6.45, 7) is 2.00. The molecule has 0 atom stereocenters. The van der Waals surface area contributed by atoms with E-state index in [9.17, 15) is 0 Å². The van der Waals surface area contributed by atoms with Crippen molar-refractivity contribution in [3.8, 4) is 0 Å². The first kappa shape index (κ1) is 11.8. The molecule has 1 nitrogen and oxygen atoms in total. The molecule has 0 aromatic rings. The van der Waals surface area contributed by atoms with Crippen molar-refractivity contribution in [1.29, 1.82) is 0 Å². The normalized spacial score (nSPS) is 19.6. The van der Waals surface area contributed by atoms with Gasteiger partial charge in [-0.05, 0) is 12.8 Å². The summed E-state index contributed by atoms with van der Waals surface area (Å²) in [5.41, 5.74) is 0. The van der Waals surface area contributed by atoms with Crippen LogP contribution in [0.3, 0.4) is 0 Å². The molecule has 0 amide bonds. The van der Waals surface area contributed by atoms with E-state index < -0.39 is 11.0 Å².